The van der Waals surface area contributed by atoms with E-state index in [1.807, 2.05) is 0 Å². The molecule has 63 heteroatoms. The number of nitrogens with one attached hydrogen (secondary N) is 14. The molecule has 61 nitrogen and oxygen atoms in total. The van der Waals surface area contributed by atoms with Crippen LogP contribution < -0.4 is 91.9 Å². The molecule has 20 atom stereocenters. The third-order valence-electron chi connectivity index (χ3n) is 21.5. The summed E-state index contributed by atoms with van der Waals surface area (Å²) in [5, 5.41) is 231. The Morgan fingerprint density at radius 3 is 1.03 bits per heavy atom. The number of aliphatic hydroxyl groups excluding tert-OH is 15. The van der Waals surface area contributed by atoms with Gasteiger partial charge in [-0.05, 0) is 93.5 Å². The van der Waals surface area contributed by atoms with E-state index in [0.29, 0.717) is 17.1 Å². The second-order valence-corrected chi connectivity index (χ2v) is 35.2. The van der Waals surface area contributed by atoms with E-state index in [2.05, 4.69) is 109 Å². The highest BCUT2D eigenvalue weighted by Gasteiger charge is 2.39. The zero-order valence-electron chi connectivity index (χ0n) is 77.1. The lowest BCUT2D eigenvalue weighted by atomic mass is 10.0. The van der Waals surface area contributed by atoms with Gasteiger partial charge >= 0.3 is 29.8 Å². The van der Waals surface area contributed by atoms with Crippen LogP contribution in [0.1, 0.15) is 116 Å². The number of nitrogens with zero attached hydrogens (tertiary/aromatic N) is 7. The van der Waals surface area contributed by atoms with Gasteiger partial charge in [0.2, 0.25) is 65.1 Å². The maximum Gasteiger partial charge on any atom is 0.327 e. The van der Waals surface area contributed by atoms with Crippen LogP contribution >= 0.6 is 21.6 Å². The van der Waals surface area contributed by atoms with Crippen LogP contribution in [0, 0.1) is 0 Å². The van der Waals surface area contributed by atoms with Gasteiger partial charge in [-0.3, -0.25) is 72.1 Å². The molecule has 0 aliphatic heterocycles. The number of nitrogen functional groups attached to an aromatic ring is 3. The highest BCUT2D eigenvalue weighted by Crippen LogP contribution is 2.26. The molecule has 4 aromatic heterocycles. The molecule has 2 aromatic carbocycles. The Labute approximate surface area is 832 Å². The number of aliphatic carboxylic acids is 5. The zero-order valence-corrected chi connectivity index (χ0v) is 78.8. The molecule has 0 bridgehead atoms. The minimum atomic E-state index is -2.32. The van der Waals surface area contributed by atoms with Crippen molar-refractivity contribution in [1.29, 1.82) is 0 Å². The summed E-state index contributed by atoms with van der Waals surface area (Å²) in [7, 11) is 1.58. The minimum absolute atomic E-state index is 0.00608. The van der Waals surface area contributed by atoms with Crippen LogP contribution in [-0.2, 0) is 80.2 Å². The van der Waals surface area contributed by atoms with Crippen molar-refractivity contribution < 1.29 is 179 Å². The maximum absolute atomic E-state index is 14.9. The Morgan fingerprint density at radius 2 is 0.671 bits per heavy atom. The van der Waals surface area contributed by atoms with Gasteiger partial charge in [0.1, 0.15) is 103 Å². The lowest BCUT2D eigenvalue weighted by Crippen LogP contribution is -2.60. The molecule has 0 fully saturated rings. The summed E-state index contributed by atoms with van der Waals surface area (Å²) in [6, 6.07) is -5.47. The standard InChI is InChI=1S/C83H116N24O37S2/c84-68-60-69(105-82(85)104-68)92-25-38(94-60)23-87-36-7-3-35(4-8-36)72(132)102-46(80(141)142)21-22-145-146-33-47(81(143)144)103-77(137)42(11-17-56(119)91-29-50(113)64(127)67(130)53(116)32-110)98-76(136)44(14-20-59(123)124)100-74(134)41(10-16-55(118)90-28-49(112)63(126)66(129)52(115)31-109)97-75(135)43(13-19-58(121)122)99-73(133)40(9-15-54(117)89-27-48(111)62(125)65(128)51(114)30-108)96-57(120)18-12-45(79(139)140)101-71(131)34-1-5-37(6-2-34)88-24-39-26-93-70-61(95-39)78(138)107-83(86)106-70/h1-8,25-26,40-53,62-67,87-88,108-116,125-130H,9-24,27-33H2,(H,89,117)(H,90,118)(H,91,119)(H,96,120)(H,97,135)(H,98,136)(H,99,133)(H,100,134)(H,101,131)(H,102,132)(H,103,137)(H,121,122)(H,123,124)(H,139,140)(H,141,142)(H,143,144)(H4,84,85,92,104,105)(H3,86,93,106,107,138)/t40-,41-,42-,43-,44-,45-,46-,47-,48-,49-,50-,51+,52+,53+,62+,63+,64+,65+,66+,67+/m0/s1. The number of nitrogens with two attached hydrogens (primary N) is 3. The van der Waals surface area contributed by atoms with Gasteiger partial charge in [-0.15, -0.1) is 0 Å². The molecule has 0 unspecified atom stereocenters. The number of fused-ring (bicyclic) bond motifs is 2. The van der Waals surface area contributed by atoms with Crippen molar-refractivity contribution in [3.05, 3.63) is 93.8 Å². The fourth-order valence-corrected chi connectivity index (χ4v) is 15.3. The summed E-state index contributed by atoms with van der Waals surface area (Å²) in [6.07, 6.45) is -34.9. The first-order valence-corrected chi connectivity index (χ1v) is 46.8. The highest BCUT2D eigenvalue weighted by atomic mass is 33.1. The van der Waals surface area contributed by atoms with Crippen LogP contribution in [0.3, 0.4) is 0 Å². The van der Waals surface area contributed by atoms with Crippen molar-refractivity contribution in [3.8, 4) is 0 Å². The SMILES string of the molecule is Nc1nc(N)c2nc(CNc3ccc(C(=O)N[C@@H](CCSSC[C@H](NC(=O)[C@H](CCC(=O)NC[C@H](O)[C@@H](O)[C@H](O)[C@H](O)CO)NC(=O)[C@H](CCC(=O)O)NC(=O)[C@H](CCC(=O)NC[C@H](O)[C@@H](O)[C@H](O)[C@H](O)CO)NC(=O)[C@H](CCC(=O)O)NC(=O)[C@H](CCC(=O)NC[C@H](O)[C@@H](O)[C@H](O)[C@H](O)CO)NC(=O)CC[C@H](NC(=O)c4ccc(NCc5cnc6nc(N)[nH]c(=O)c6n5)cc4)C(=O)O)C(=O)O)C(=O)O)cc3)cnc2n1. The Balaban J connectivity index is 1.25. The van der Waals surface area contributed by atoms with E-state index < -0.39 is 344 Å². The molecule has 0 aliphatic carbocycles. The summed E-state index contributed by atoms with van der Waals surface area (Å²) in [5.41, 5.74) is 18.1. The fourth-order valence-electron chi connectivity index (χ4n) is 13.1. The maximum atomic E-state index is 14.9. The van der Waals surface area contributed by atoms with Crippen LogP contribution in [0.25, 0.3) is 22.3 Å². The normalized spacial score (nSPS) is 15.5. The number of hydrogen-bond donors (Lipinski definition) is 37. The summed E-state index contributed by atoms with van der Waals surface area (Å²) in [5.74, 6) is -23.8. The number of aliphatic hydroxyl groups is 15. The molecule has 11 amide bonds. The third-order valence-corrected chi connectivity index (χ3v) is 23.9. The minimum Gasteiger partial charge on any atom is -0.481 e. The number of carbonyl (C=O) groups is 16. The van der Waals surface area contributed by atoms with Gasteiger partial charge in [0.25, 0.3) is 17.4 Å². The Kier molecular flexibility index (Phi) is 49.3. The monoisotopic (exact) mass is 2100 g/mol. The first kappa shape index (κ1) is 120. The number of hydrogen-bond acceptors (Lipinski definition) is 46. The first-order chi connectivity index (χ1) is 69.0. The van der Waals surface area contributed by atoms with Gasteiger partial charge < -0.3 is 188 Å². The number of anilines is 5. The molecular weight excluding hydrogens is 1990 g/mol. The number of rotatable bonds is 66. The molecule has 802 valence electrons. The Bertz CT molecular complexity index is 5540. The smallest absolute Gasteiger partial charge is 0.327 e. The second-order valence-electron chi connectivity index (χ2n) is 32.6. The number of aromatic nitrogens is 8. The van der Waals surface area contributed by atoms with Crippen LogP contribution in [0.15, 0.2) is 65.7 Å². The lowest BCUT2D eigenvalue weighted by molar-refractivity contribution is -0.142. The summed E-state index contributed by atoms with van der Waals surface area (Å²) in [4.78, 5) is 261. The van der Waals surface area contributed by atoms with Crippen LogP contribution in [-0.4, -0.2) is 409 Å². The average Bonchev–Trinajstić information content (AvgIpc) is 0.811. The third kappa shape index (κ3) is 39.7. The fraction of sp³-hybridized carbons (Fsp3) is 0.518. The average molecular weight is 2110 g/mol. The van der Waals surface area contributed by atoms with Gasteiger partial charge in [-0.1, -0.05) is 21.6 Å². The van der Waals surface area contributed by atoms with E-state index in [0.717, 1.165) is 21.6 Å². The van der Waals surface area contributed by atoms with E-state index >= 15 is 0 Å². The summed E-state index contributed by atoms with van der Waals surface area (Å²) in [6.45, 7) is -6.12. The van der Waals surface area contributed by atoms with Crippen LogP contribution in [0.2, 0.25) is 0 Å². The quantitative estimate of drug-likeness (QED) is 0.0125. The number of amides is 11. The van der Waals surface area contributed by atoms with Crippen molar-refractivity contribution in [2.75, 3.05) is 78.8 Å². The van der Waals surface area contributed by atoms with Crippen LogP contribution in [0.4, 0.5) is 29.1 Å². The second kappa shape index (κ2) is 59.8. The predicted molar refractivity (Wildman–Crippen MR) is 503 cm³/mol. The summed E-state index contributed by atoms with van der Waals surface area (Å²) >= 11 is 0. The van der Waals surface area contributed by atoms with Crippen molar-refractivity contribution >= 4 is 168 Å². The van der Waals surface area contributed by atoms with Crippen molar-refractivity contribution in [2.24, 2.45) is 0 Å². The van der Waals surface area contributed by atoms with Gasteiger partial charge in [-0.25, -0.2) is 34.3 Å². The van der Waals surface area contributed by atoms with Gasteiger partial charge in [0, 0.05) is 92.2 Å². The zero-order chi connectivity index (χ0) is 108. The molecule has 6 aromatic rings. The number of carboxylic acids is 5. The van der Waals surface area contributed by atoms with Gasteiger partial charge in [0.05, 0.1) is 75.0 Å². The van der Waals surface area contributed by atoms with Gasteiger partial charge in [0.15, 0.2) is 28.1 Å². The molecule has 0 saturated carbocycles. The van der Waals surface area contributed by atoms with E-state index in [1.165, 1.54) is 60.9 Å². The van der Waals surface area contributed by atoms with Crippen molar-refractivity contribution in [2.45, 2.75) is 218 Å². The van der Waals surface area contributed by atoms with Crippen molar-refractivity contribution in [1.82, 2.24) is 98.4 Å². The molecule has 146 heavy (non-hydrogen) atoms. The van der Waals surface area contributed by atoms with Crippen molar-refractivity contribution in [3.63, 3.8) is 0 Å². The number of carbonyl (C=O) groups excluding carboxylic acids is 11. The number of H-pyrrole nitrogens is 1. The first-order valence-electron chi connectivity index (χ1n) is 44.3. The van der Waals surface area contributed by atoms with Gasteiger partial charge in [-0.2, -0.15) is 15.0 Å². The molecule has 4 heterocycles. The van der Waals surface area contributed by atoms with E-state index in [1.54, 1.807) is 0 Å². The highest BCUT2D eigenvalue weighted by molar-refractivity contribution is 8.76. The molecule has 0 saturated heterocycles. The number of aromatic amines is 1. The topological polar surface area (TPSA) is 1040 Å². The molecular formula is C83H116N24O37S2. The van der Waals surface area contributed by atoms with Crippen LogP contribution in [0.5, 0.6) is 0 Å². The molecule has 40 N–H and O–H groups in total. The largest absolute Gasteiger partial charge is 0.481 e. The summed E-state index contributed by atoms with van der Waals surface area (Å²) < 4.78 is 0. The molecule has 6 rings (SSSR count). The van der Waals surface area contributed by atoms with E-state index in [4.69, 9.17) is 17.2 Å². The number of benzene rings is 2. The lowest BCUT2D eigenvalue weighted by Gasteiger charge is -2.28. The molecule has 0 aliphatic rings. The van der Waals surface area contributed by atoms with E-state index in [-0.39, 0.29) is 82.1 Å². The molecule has 0 radical (unpaired) electrons. The Hall–Kier alpha value is -14.3. The molecule has 0 spiro atoms. The van der Waals surface area contributed by atoms with E-state index in [9.17, 15) is 184 Å². The number of carboxylic acid groups (broad SMARTS) is 5. The predicted octanol–water partition coefficient (Wildman–Crippen LogP) is -13.2. The Morgan fingerprint density at radius 1 is 0.349 bits per heavy atom.